The van der Waals surface area contributed by atoms with Gasteiger partial charge in [0.2, 0.25) is 5.91 Å². The molecule has 4 bridgehead atoms. The SMILES string of the molecule is CN(C(=O)C1CSCN1)C1C2CC3CC(C2)CC1C3.Cl. The zero-order chi connectivity index (χ0) is 13.0. The molecule has 1 N–H and O–H groups in total. The summed E-state index contributed by atoms with van der Waals surface area (Å²) < 4.78 is 0. The molecule has 0 radical (unpaired) electrons. The van der Waals surface area contributed by atoms with Gasteiger partial charge in [0.1, 0.15) is 0 Å². The van der Waals surface area contributed by atoms with E-state index in [1.54, 1.807) is 0 Å². The van der Waals surface area contributed by atoms with Gasteiger partial charge in [-0.2, -0.15) is 0 Å². The largest absolute Gasteiger partial charge is 0.341 e. The summed E-state index contributed by atoms with van der Waals surface area (Å²) in [4.78, 5) is 14.8. The zero-order valence-electron chi connectivity index (χ0n) is 12.1. The van der Waals surface area contributed by atoms with E-state index in [1.807, 2.05) is 11.8 Å². The lowest BCUT2D eigenvalue weighted by Crippen LogP contribution is -2.58. The zero-order valence-corrected chi connectivity index (χ0v) is 13.7. The van der Waals surface area contributed by atoms with E-state index in [-0.39, 0.29) is 18.4 Å². The smallest absolute Gasteiger partial charge is 0.240 e. The molecule has 5 fully saturated rings. The normalized spacial score (nSPS) is 45.2. The molecular formula is C15H25ClN2OS. The minimum Gasteiger partial charge on any atom is -0.341 e. The number of halogens is 1. The fourth-order valence-corrected chi connectivity index (χ4v) is 6.41. The second-order valence-electron chi connectivity index (χ2n) is 7.14. The van der Waals surface area contributed by atoms with Crippen LogP contribution in [0.5, 0.6) is 0 Å². The van der Waals surface area contributed by atoms with Crippen molar-refractivity contribution in [3.8, 4) is 0 Å². The van der Waals surface area contributed by atoms with Crippen molar-refractivity contribution in [3.05, 3.63) is 0 Å². The van der Waals surface area contributed by atoms with Crippen molar-refractivity contribution < 1.29 is 4.79 Å². The summed E-state index contributed by atoms with van der Waals surface area (Å²) in [5, 5.41) is 3.33. The number of hydrogen-bond donors (Lipinski definition) is 1. The van der Waals surface area contributed by atoms with Gasteiger partial charge in [-0.05, 0) is 55.8 Å². The fraction of sp³-hybridized carbons (Fsp3) is 0.933. The van der Waals surface area contributed by atoms with E-state index in [2.05, 4.69) is 17.3 Å². The average Bonchev–Trinajstić information content (AvgIpc) is 2.90. The van der Waals surface area contributed by atoms with Crippen LogP contribution < -0.4 is 5.32 Å². The fourth-order valence-electron chi connectivity index (χ4n) is 5.48. The highest BCUT2D eigenvalue weighted by Gasteiger charge is 2.50. The van der Waals surface area contributed by atoms with Gasteiger partial charge < -0.3 is 4.90 Å². The molecule has 0 spiro atoms. The Balaban J connectivity index is 0.00000121. The van der Waals surface area contributed by atoms with E-state index in [0.717, 1.165) is 35.3 Å². The van der Waals surface area contributed by atoms with Crippen LogP contribution in [0.1, 0.15) is 32.1 Å². The summed E-state index contributed by atoms with van der Waals surface area (Å²) in [5.41, 5.74) is 0. The van der Waals surface area contributed by atoms with Gasteiger partial charge in [-0.1, -0.05) is 0 Å². The predicted molar refractivity (Wildman–Crippen MR) is 85.1 cm³/mol. The molecule has 4 saturated carbocycles. The van der Waals surface area contributed by atoms with Gasteiger partial charge in [-0.25, -0.2) is 0 Å². The number of hydrogen-bond acceptors (Lipinski definition) is 3. The Kier molecular flexibility index (Phi) is 4.27. The van der Waals surface area contributed by atoms with Crippen LogP contribution in [0.25, 0.3) is 0 Å². The minimum atomic E-state index is 0. The third-order valence-electron chi connectivity index (χ3n) is 5.99. The van der Waals surface area contributed by atoms with E-state index in [4.69, 9.17) is 0 Å². The standard InChI is InChI=1S/C15H24N2OS.ClH/c1-17(15(18)13-7-19-8-16-13)14-11-3-9-2-10(5-11)6-12(14)4-9;/h9-14,16H,2-8H2,1H3;1H. The first-order valence-corrected chi connectivity index (χ1v) is 8.95. The summed E-state index contributed by atoms with van der Waals surface area (Å²) in [7, 11) is 2.07. The lowest BCUT2D eigenvalue weighted by molar-refractivity contribution is -0.142. The molecule has 20 heavy (non-hydrogen) atoms. The summed E-state index contributed by atoms with van der Waals surface area (Å²) in [6.07, 6.45) is 7.05. The number of carbonyl (C=O) groups is 1. The Hall–Kier alpha value is 0.0700. The van der Waals surface area contributed by atoms with Gasteiger partial charge in [0.05, 0.1) is 6.04 Å². The molecule has 1 amide bonds. The molecule has 1 atom stereocenters. The lowest BCUT2D eigenvalue weighted by atomic mass is 9.54. The van der Waals surface area contributed by atoms with Gasteiger partial charge in [-0.3, -0.25) is 10.1 Å². The molecule has 1 aliphatic heterocycles. The molecule has 1 heterocycles. The molecule has 5 heteroatoms. The number of carbonyl (C=O) groups excluding carboxylic acids is 1. The summed E-state index contributed by atoms with van der Waals surface area (Å²) in [5.74, 6) is 5.83. The number of amides is 1. The Morgan fingerprint density at radius 2 is 1.70 bits per heavy atom. The van der Waals surface area contributed by atoms with E-state index >= 15 is 0 Å². The quantitative estimate of drug-likeness (QED) is 0.849. The third kappa shape index (κ3) is 2.38. The molecule has 3 nitrogen and oxygen atoms in total. The highest BCUT2D eigenvalue weighted by molar-refractivity contribution is 7.99. The number of nitrogens with zero attached hydrogens (tertiary/aromatic N) is 1. The van der Waals surface area contributed by atoms with Crippen LogP contribution in [0.4, 0.5) is 0 Å². The van der Waals surface area contributed by atoms with Crippen molar-refractivity contribution in [1.82, 2.24) is 10.2 Å². The molecule has 1 unspecified atom stereocenters. The molecule has 0 aromatic carbocycles. The van der Waals surface area contributed by atoms with Gasteiger partial charge in [-0.15, -0.1) is 24.2 Å². The van der Waals surface area contributed by atoms with Crippen LogP contribution in [-0.2, 0) is 4.79 Å². The van der Waals surface area contributed by atoms with Crippen molar-refractivity contribution in [2.75, 3.05) is 18.7 Å². The minimum absolute atomic E-state index is 0. The monoisotopic (exact) mass is 316 g/mol. The first-order valence-electron chi connectivity index (χ1n) is 7.80. The van der Waals surface area contributed by atoms with E-state index in [9.17, 15) is 4.79 Å². The molecule has 114 valence electrons. The Morgan fingerprint density at radius 1 is 1.10 bits per heavy atom. The maximum atomic E-state index is 12.6. The molecule has 5 rings (SSSR count). The van der Waals surface area contributed by atoms with Crippen LogP contribution in [0.15, 0.2) is 0 Å². The number of likely N-dealkylation sites (N-methyl/N-ethyl adjacent to an activating group) is 1. The van der Waals surface area contributed by atoms with Crippen molar-refractivity contribution in [2.45, 2.75) is 44.2 Å². The van der Waals surface area contributed by atoms with Gasteiger partial charge in [0.15, 0.2) is 0 Å². The summed E-state index contributed by atoms with van der Waals surface area (Å²) in [6, 6.07) is 0.625. The van der Waals surface area contributed by atoms with Gasteiger partial charge in [0.25, 0.3) is 0 Å². The first-order chi connectivity index (χ1) is 9.22. The predicted octanol–water partition coefficient (Wildman–Crippen LogP) is 2.35. The van der Waals surface area contributed by atoms with Crippen molar-refractivity contribution >= 4 is 30.1 Å². The summed E-state index contributed by atoms with van der Waals surface area (Å²) >= 11 is 1.84. The maximum absolute atomic E-state index is 12.6. The first kappa shape index (κ1) is 15.0. The van der Waals surface area contributed by atoms with Crippen molar-refractivity contribution in [2.24, 2.45) is 23.7 Å². The maximum Gasteiger partial charge on any atom is 0.240 e. The number of rotatable bonds is 2. The number of thioether (sulfide) groups is 1. The second kappa shape index (κ2) is 5.69. The van der Waals surface area contributed by atoms with E-state index in [0.29, 0.717) is 11.9 Å². The van der Waals surface area contributed by atoms with Gasteiger partial charge in [0, 0.05) is 24.7 Å². The molecule has 0 aromatic heterocycles. The van der Waals surface area contributed by atoms with Crippen LogP contribution in [-0.4, -0.2) is 41.6 Å². The van der Waals surface area contributed by atoms with Gasteiger partial charge >= 0.3 is 0 Å². The highest BCUT2D eigenvalue weighted by atomic mass is 35.5. The van der Waals surface area contributed by atoms with Crippen molar-refractivity contribution in [3.63, 3.8) is 0 Å². The van der Waals surface area contributed by atoms with Crippen LogP contribution in [0.2, 0.25) is 0 Å². The molecule has 4 aliphatic carbocycles. The van der Waals surface area contributed by atoms with Crippen LogP contribution in [0, 0.1) is 23.7 Å². The topological polar surface area (TPSA) is 32.3 Å². The molecule has 5 aliphatic rings. The molecular weight excluding hydrogens is 292 g/mol. The van der Waals surface area contributed by atoms with Crippen molar-refractivity contribution in [1.29, 1.82) is 0 Å². The molecule has 0 aromatic rings. The Morgan fingerprint density at radius 3 is 2.20 bits per heavy atom. The van der Waals surface area contributed by atoms with E-state index < -0.39 is 0 Å². The lowest BCUT2D eigenvalue weighted by Gasteiger charge is -2.56. The highest BCUT2D eigenvalue weighted by Crippen LogP contribution is 2.55. The Bertz CT molecular complexity index is 358. The van der Waals surface area contributed by atoms with Crippen LogP contribution in [0.3, 0.4) is 0 Å². The van der Waals surface area contributed by atoms with Crippen LogP contribution >= 0.6 is 24.2 Å². The van der Waals surface area contributed by atoms with E-state index in [1.165, 1.54) is 32.1 Å². The second-order valence-corrected chi connectivity index (χ2v) is 8.17. The molecule has 1 saturated heterocycles. The Labute approximate surface area is 132 Å². The summed E-state index contributed by atoms with van der Waals surface area (Å²) in [6.45, 7) is 0. The number of nitrogens with one attached hydrogen (secondary N) is 1. The average molecular weight is 317 g/mol. The third-order valence-corrected chi connectivity index (χ3v) is 6.93.